The minimum absolute atomic E-state index is 0.00356. The normalized spacial score (nSPS) is 21.4. The van der Waals surface area contributed by atoms with Gasteiger partial charge in [0, 0.05) is 16.8 Å². The average molecular weight is 303 g/mol. The number of aryl methyl sites for hydroxylation is 1. The number of nitrogens with zero attached hydrogens (tertiary/aromatic N) is 1. The van der Waals surface area contributed by atoms with Crippen LogP contribution in [0.5, 0.6) is 5.75 Å². The Morgan fingerprint density at radius 3 is 2.86 bits per heavy atom. The van der Waals surface area contributed by atoms with Crippen LogP contribution in [0, 0.1) is 6.92 Å². The van der Waals surface area contributed by atoms with Gasteiger partial charge in [0.1, 0.15) is 5.75 Å². The van der Waals surface area contributed by atoms with Gasteiger partial charge in [-0.15, -0.1) is 11.8 Å². The van der Waals surface area contributed by atoms with Gasteiger partial charge in [-0.3, -0.25) is 9.89 Å². The number of carbonyl (C=O) groups is 1. The van der Waals surface area contributed by atoms with Crippen molar-refractivity contribution in [2.45, 2.75) is 24.3 Å². The predicted molar refractivity (Wildman–Crippen MR) is 83.8 cm³/mol. The van der Waals surface area contributed by atoms with E-state index in [1.54, 1.807) is 18.9 Å². The molecule has 0 unspecified atom stereocenters. The number of thioether (sulfide) groups is 1. The Kier molecular flexibility index (Phi) is 3.63. The van der Waals surface area contributed by atoms with Crippen LogP contribution in [0.15, 0.2) is 24.3 Å². The highest BCUT2D eigenvalue weighted by molar-refractivity contribution is 8.01. The van der Waals surface area contributed by atoms with Gasteiger partial charge >= 0.3 is 0 Å². The first kappa shape index (κ1) is 14.0. The lowest BCUT2D eigenvalue weighted by molar-refractivity contribution is -0.115. The molecular weight excluding hydrogens is 286 g/mol. The molecule has 0 saturated carbocycles. The van der Waals surface area contributed by atoms with Crippen molar-refractivity contribution in [1.29, 1.82) is 0 Å². The Bertz CT molecular complexity index is 683. The number of benzene rings is 1. The molecule has 2 heterocycles. The highest BCUT2D eigenvalue weighted by Gasteiger charge is 2.33. The number of para-hydroxylation sites is 1. The second kappa shape index (κ2) is 5.44. The van der Waals surface area contributed by atoms with E-state index >= 15 is 0 Å². The molecule has 3 rings (SSSR count). The number of fused-ring (bicyclic) bond motifs is 1. The summed E-state index contributed by atoms with van der Waals surface area (Å²) in [6, 6.07) is 7.91. The Morgan fingerprint density at radius 2 is 2.10 bits per heavy atom. The number of methoxy groups -OCH3 is 1. The Morgan fingerprint density at radius 1 is 1.33 bits per heavy atom. The van der Waals surface area contributed by atoms with Crippen molar-refractivity contribution >= 4 is 23.5 Å². The van der Waals surface area contributed by atoms with Crippen molar-refractivity contribution in [3.05, 3.63) is 41.1 Å². The minimum Gasteiger partial charge on any atom is -0.496 e. The summed E-state index contributed by atoms with van der Waals surface area (Å²) in [4.78, 5) is 12.1. The first-order valence-electron chi connectivity index (χ1n) is 6.76. The lowest BCUT2D eigenvalue weighted by atomic mass is 10.0. The van der Waals surface area contributed by atoms with Gasteiger partial charge in [-0.25, -0.2) is 0 Å². The number of amides is 1. The molecule has 1 aromatic heterocycles. The summed E-state index contributed by atoms with van der Waals surface area (Å²) >= 11 is 1.61. The van der Waals surface area contributed by atoms with Crippen molar-refractivity contribution in [2.24, 2.45) is 0 Å². The number of rotatable bonds is 2. The zero-order valence-electron chi connectivity index (χ0n) is 12.1. The van der Waals surface area contributed by atoms with Gasteiger partial charge < -0.3 is 10.1 Å². The minimum atomic E-state index is -0.159. The molecule has 2 N–H and O–H groups in total. The average Bonchev–Trinajstić information content (AvgIpc) is 2.79. The summed E-state index contributed by atoms with van der Waals surface area (Å²) in [6.07, 6.45) is 0. The topological polar surface area (TPSA) is 67.0 Å². The summed E-state index contributed by atoms with van der Waals surface area (Å²) in [5.74, 6) is 1.42. The molecule has 110 valence electrons. The molecule has 21 heavy (non-hydrogen) atoms. The molecule has 0 spiro atoms. The summed E-state index contributed by atoms with van der Waals surface area (Å²) in [7, 11) is 1.66. The van der Waals surface area contributed by atoms with Crippen LogP contribution in [0.3, 0.4) is 0 Å². The number of nitrogens with one attached hydrogen (secondary N) is 2. The summed E-state index contributed by atoms with van der Waals surface area (Å²) in [6.45, 7) is 3.88. The van der Waals surface area contributed by atoms with Crippen molar-refractivity contribution in [3.8, 4) is 5.75 Å². The maximum atomic E-state index is 12.1. The van der Waals surface area contributed by atoms with Crippen LogP contribution in [0.4, 0.5) is 5.82 Å². The smallest absolute Gasteiger partial charge is 0.238 e. The fraction of sp³-hybridized carbons (Fsp3) is 0.333. The first-order chi connectivity index (χ1) is 10.1. The third-order valence-corrected chi connectivity index (χ3v) is 5.01. The maximum Gasteiger partial charge on any atom is 0.238 e. The highest BCUT2D eigenvalue weighted by Crippen LogP contribution is 2.47. The fourth-order valence-corrected chi connectivity index (χ4v) is 3.87. The van der Waals surface area contributed by atoms with Gasteiger partial charge in [-0.2, -0.15) is 5.10 Å². The van der Waals surface area contributed by atoms with Crippen LogP contribution in [0.2, 0.25) is 0 Å². The van der Waals surface area contributed by atoms with Gasteiger partial charge in [0.2, 0.25) is 5.91 Å². The molecule has 0 bridgehead atoms. The van der Waals surface area contributed by atoms with Crippen LogP contribution in [0.1, 0.15) is 29.0 Å². The van der Waals surface area contributed by atoms with Crippen molar-refractivity contribution in [1.82, 2.24) is 10.2 Å². The van der Waals surface area contributed by atoms with Gasteiger partial charge in [-0.05, 0) is 19.9 Å². The molecule has 0 aliphatic carbocycles. The molecule has 2 atom stereocenters. The molecular formula is C15H17N3O2S. The molecule has 1 amide bonds. The molecule has 0 radical (unpaired) electrons. The van der Waals surface area contributed by atoms with Crippen molar-refractivity contribution in [3.63, 3.8) is 0 Å². The summed E-state index contributed by atoms with van der Waals surface area (Å²) in [5.41, 5.74) is 3.03. The van der Waals surface area contributed by atoms with E-state index in [0.29, 0.717) is 5.82 Å². The molecule has 6 heteroatoms. The molecule has 5 nitrogen and oxygen atoms in total. The fourth-order valence-electron chi connectivity index (χ4n) is 2.52. The van der Waals surface area contributed by atoms with Crippen LogP contribution in [0.25, 0.3) is 0 Å². The second-order valence-corrected chi connectivity index (χ2v) is 6.45. The van der Waals surface area contributed by atoms with Gasteiger partial charge in [0.15, 0.2) is 5.82 Å². The first-order valence-corrected chi connectivity index (χ1v) is 7.70. The van der Waals surface area contributed by atoms with E-state index in [4.69, 9.17) is 4.74 Å². The Labute approximate surface area is 127 Å². The monoisotopic (exact) mass is 303 g/mol. The molecule has 1 aromatic carbocycles. The molecule has 2 aromatic rings. The van der Waals surface area contributed by atoms with Gasteiger partial charge in [0.05, 0.1) is 17.6 Å². The van der Waals surface area contributed by atoms with E-state index in [-0.39, 0.29) is 16.4 Å². The molecule has 0 saturated heterocycles. The van der Waals surface area contributed by atoms with E-state index < -0.39 is 0 Å². The summed E-state index contributed by atoms with van der Waals surface area (Å²) < 4.78 is 5.48. The Hall–Kier alpha value is -1.95. The largest absolute Gasteiger partial charge is 0.496 e. The molecule has 1 aliphatic heterocycles. The number of aromatic amines is 1. The lowest BCUT2D eigenvalue weighted by Crippen LogP contribution is -2.21. The lowest BCUT2D eigenvalue weighted by Gasteiger charge is -2.19. The van der Waals surface area contributed by atoms with Crippen molar-refractivity contribution in [2.75, 3.05) is 12.4 Å². The van der Waals surface area contributed by atoms with E-state index in [1.807, 2.05) is 38.1 Å². The van der Waals surface area contributed by atoms with E-state index in [0.717, 1.165) is 22.6 Å². The number of anilines is 1. The number of aromatic nitrogens is 2. The third kappa shape index (κ3) is 2.40. The third-order valence-electron chi connectivity index (χ3n) is 3.63. The van der Waals surface area contributed by atoms with Crippen LogP contribution in [-0.2, 0) is 4.79 Å². The maximum absolute atomic E-state index is 12.1. The van der Waals surface area contributed by atoms with Crippen LogP contribution < -0.4 is 10.1 Å². The highest BCUT2D eigenvalue weighted by atomic mass is 32.2. The zero-order valence-corrected chi connectivity index (χ0v) is 13.0. The molecule has 0 fully saturated rings. The number of hydrogen-bond acceptors (Lipinski definition) is 4. The quantitative estimate of drug-likeness (QED) is 0.895. The number of ether oxygens (including phenoxy) is 1. The second-order valence-electron chi connectivity index (χ2n) is 5.00. The number of H-pyrrole nitrogens is 1. The van der Waals surface area contributed by atoms with E-state index in [2.05, 4.69) is 15.5 Å². The van der Waals surface area contributed by atoms with Crippen LogP contribution in [-0.4, -0.2) is 28.5 Å². The Balaban J connectivity index is 2.16. The van der Waals surface area contributed by atoms with Crippen LogP contribution >= 0.6 is 11.8 Å². The SMILES string of the molecule is COc1ccccc1[C@@H]1S[C@@H](C)C(=O)Nc2n[nH]c(C)c21. The number of carbonyl (C=O) groups excluding carboxylic acids is 1. The zero-order chi connectivity index (χ0) is 15.0. The molecule has 1 aliphatic rings. The predicted octanol–water partition coefficient (Wildman–Crippen LogP) is 2.89. The standard InChI is InChI=1S/C15H17N3O2S/c1-8-12-13(10-6-4-5-7-11(10)20-3)21-9(2)15(19)16-14(12)18-17-8/h4-7,9,13H,1-3H3,(H2,16,17,18,19)/t9-,13-/m0/s1. The summed E-state index contributed by atoms with van der Waals surface area (Å²) in [5, 5.41) is 9.91. The van der Waals surface area contributed by atoms with Crippen molar-refractivity contribution < 1.29 is 9.53 Å². The van der Waals surface area contributed by atoms with E-state index in [9.17, 15) is 4.79 Å². The number of hydrogen-bond donors (Lipinski definition) is 2. The van der Waals surface area contributed by atoms with E-state index in [1.165, 1.54) is 0 Å². The van der Waals surface area contributed by atoms with Gasteiger partial charge in [-0.1, -0.05) is 18.2 Å². The van der Waals surface area contributed by atoms with Gasteiger partial charge in [0.25, 0.3) is 0 Å².